The first-order valence-corrected chi connectivity index (χ1v) is 12.3. The maximum Gasteiger partial charge on any atom is 0.255 e. The molecule has 2 aliphatic rings. The van der Waals surface area contributed by atoms with Crippen molar-refractivity contribution in [2.75, 3.05) is 26.3 Å². The van der Waals surface area contributed by atoms with Crippen LogP contribution >= 0.6 is 23.2 Å². The molecule has 1 spiro atoms. The highest BCUT2D eigenvalue weighted by Gasteiger charge is 2.39. The topological polar surface area (TPSA) is 71.2 Å². The van der Waals surface area contributed by atoms with Crippen LogP contribution in [0.5, 0.6) is 0 Å². The zero-order chi connectivity index (χ0) is 24.0. The van der Waals surface area contributed by atoms with E-state index in [0.29, 0.717) is 46.2 Å². The largest absolute Gasteiger partial charge is 0.381 e. The Balaban J connectivity index is 1.43. The van der Waals surface area contributed by atoms with Gasteiger partial charge in [0.15, 0.2) is 0 Å². The maximum absolute atomic E-state index is 13.4. The SMILES string of the molecule is Cc1cc(C#N)cc2c1nc(Cc1c(Cl)ccc(C(=O)N3CCC4(CCOC4)CC3)c1Cl)n2C. The quantitative estimate of drug-likeness (QED) is 0.493. The number of ether oxygens (including phenoxy) is 1. The van der Waals surface area contributed by atoms with Gasteiger partial charge in [-0.25, -0.2) is 4.98 Å². The van der Waals surface area contributed by atoms with Crippen molar-refractivity contribution in [2.24, 2.45) is 12.5 Å². The van der Waals surface area contributed by atoms with Crippen molar-refractivity contribution < 1.29 is 9.53 Å². The number of halogens is 2. The lowest BCUT2D eigenvalue weighted by Crippen LogP contribution is -2.43. The summed E-state index contributed by atoms with van der Waals surface area (Å²) in [7, 11) is 1.92. The maximum atomic E-state index is 13.4. The molecule has 176 valence electrons. The number of nitrogens with zero attached hydrogens (tertiary/aromatic N) is 4. The number of fused-ring (bicyclic) bond motifs is 1. The third kappa shape index (κ3) is 3.96. The molecular weight excluding hydrogens is 471 g/mol. The van der Waals surface area contributed by atoms with Gasteiger partial charge in [0.1, 0.15) is 5.82 Å². The number of aromatic nitrogens is 2. The van der Waals surface area contributed by atoms with Crippen molar-refractivity contribution in [1.29, 1.82) is 5.26 Å². The molecule has 2 saturated heterocycles. The number of nitriles is 1. The van der Waals surface area contributed by atoms with E-state index in [1.165, 1.54) is 0 Å². The number of imidazole rings is 1. The third-order valence-corrected chi connectivity index (χ3v) is 8.23. The van der Waals surface area contributed by atoms with Gasteiger partial charge in [0.2, 0.25) is 0 Å². The Bertz CT molecular complexity index is 1330. The van der Waals surface area contributed by atoms with E-state index in [4.69, 9.17) is 32.9 Å². The molecule has 0 saturated carbocycles. The Morgan fingerprint density at radius 2 is 2.00 bits per heavy atom. The lowest BCUT2D eigenvalue weighted by Gasteiger charge is -2.38. The highest BCUT2D eigenvalue weighted by atomic mass is 35.5. The fraction of sp³-hybridized carbons (Fsp3) is 0.423. The summed E-state index contributed by atoms with van der Waals surface area (Å²) >= 11 is 13.3. The van der Waals surface area contributed by atoms with Crippen molar-refractivity contribution in [3.8, 4) is 6.07 Å². The van der Waals surface area contributed by atoms with Gasteiger partial charge in [-0.3, -0.25) is 4.79 Å². The number of hydrogen-bond donors (Lipinski definition) is 0. The van der Waals surface area contributed by atoms with Crippen LogP contribution in [0.3, 0.4) is 0 Å². The number of carbonyl (C=O) groups excluding carboxylic acids is 1. The average Bonchev–Trinajstić information content (AvgIpc) is 3.41. The number of aryl methyl sites for hydroxylation is 2. The molecule has 3 heterocycles. The first kappa shape index (κ1) is 23.2. The first-order chi connectivity index (χ1) is 16.3. The van der Waals surface area contributed by atoms with Crippen LogP contribution in [-0.2, 0) is 18.2 Å². The van der Waals surface area contributed by atoms with Gasteiger partial charge in [-0.2, -0.15) is 5.26 Å². The Kier molecular flexibility index (Phi) is 6.05. The number of carbonyl (C=O) groups is 1. The zero-order valence-corrected chi connectivity index (χ0v) is 20.8. The van der Waals surface area contributed by atoms with Gasteiger partial charge < -0.3 is 14.2 Å². The Hall–Kier alpha value is -2.59. The molecule has 0 N–H and O–H groups in total. The molecule has 0 bridgehead atoms. The Morgan fingerprint density at radius 1 is 1.24 bits per heavy atom. The van der Waals surface area contributed by atoms with Crippen LogP contribution in [0.2, 0.25) is 10.0 Å². The Labute approximate surface area is 209 Å². The zero-order valence-electron chi connectivity index (χ0n) is 19.3. The lowest BCUT2D eigenvalue weighted by atomic mass is 9.78. The first-order valence-electron chi connectivity index (χ1n) is 11.5. The molecule has 5 rings (SSSR count). The second kappa shape index (κ2) is 8.88. The summed E-state index contributed by atoms with van der Waals surface area (Å²) in [6.45, 7) is 4.98. The summed E-state index contributed by atoms with van der Waals surface area (Å²) in [6.07, 6.45) is 3.38. The minimum atomic E-state index is -0.0591. The molecule has 3 aromatic rings. The van der Waals surface area contributed by atoms with E-state index >= 15 is 0 Å². The van der Waals surface area contributed by atoms with Crippen molar-refractivity contribution >= 4 is 40.1 Å². The molecule has 0 unspecified atom stereocenters. The second-order valence-electron chi connectivity index (χ2n) is 9.52. The van der Waals surface area contributed by atoms with Crippen LogP contribution in [-0.4, -0.2) is 46.7 Å². The smallest absolute Gasteiger partial charge is 0.255 e. The van der Waals surface area contributed by atoms with E-state index < -0.39 is 0 Å². The van der Waals surface area contributed by atoms with Gasteiger partial charge in [-0.15, -0.1) is 0 Å². The van der Waals surface area contributed by atoms with Crippen LogP contribution < -0.4 is 0 Å². The average molecular weight is 497 g/mol. The van der Waals surface area contributed by atoms with E-state index in [1.807, 2.05) is 35.6 Å². The predicted molar refractivity (Wildman–Crippen MR) is 132 cm³/mol. The van der Waals surface area contributed by atoms with Crippen LogP contribution in [0.1, 0.15) is 52.1 Å². The third-order valence-electron chi connectivity index (χ3n) is 7.45. The normalized spacial score (nSPS) is 17.4. The van der Waals surface area contributed by atoms with Gasteiger partial charge in [0, 0.05) is 38.2 Å². The van der Waals surface area contributed by atoms with Crippen molar-refractivity contribution in [2.45, 2.75) is 32.6 Å². The number of likely N-dealkylation sites (tertiary alicyclic amines) is 1. The van der Waals surface area contributed by atoms with Gasteiger partial charge in [0.05, 0.1) is 39.9 Å². The molecular formula is C26H26Cl2N4O2. The standard InChI is InChI=1S/C26H26Cl2N4O2/c1-16-11-17(14-29)12-21-24(16)30-22(31(21)2)13-19-20(27)4-3-18(23(19)28)25(33)32-8-5-26(6-9-32)7-10-34-15-26/h3-4,11-12H,5-10,13,15H2,1-2H3. The van der Waals surface area contributed by atoms with Crippen molar-refractivity contribution in [3.05, 3.63) is 62.4 Å². The molecule has 2 aromatic carbocycles. The molecule has 2 aliphatic heterocycles. The second-order valence-corrected chi connectivity index (χ2v) is 10.3. The molecule has 0 aliphatic carbocycles. The summed E-state index contributed by atoms with van der Waals surface area (Å²) in [5.41, 5.74) is 4.64. The lowest BCUT2D eigenvalue weighted by molar-refractivity contribution is 0.0533. The van der Waals surface area contributed by atoms with Gasteiger partial charge in [-0.1, -0.05) is 23.2 Å². The van der Waals surface area contributed by atoms with Crippen molar-refractivity contribution in [1.82, 2.24) is 14.5 Å². The van der Waals surface area contributed by atoms with Gasteiger partial charge >= 0.3 is 0 Å². The molecule has 34 heavy (non-hydrogen) atoms. The molecule has 0 radical (unpaired) electrons. The van der Waals surface area contributed by atoms with Gasteiger partial charge in [-0.05, 0) is 67.0 Å². The van der Waals surface area contributed by atoms with Crippen LogP contribution in [0.15, 0.2) is 24.3 Å². The number of benzene rings is 2. The molecule has 0 atom stereocenters. The summed E-state index contributed by atoms with van der Waals surface area (Å²) in [5, 5.41) is 10.2. The van der Waals surface area contributed by atoms with Crippen LogP contribution in [0, 0.1) is 23.7 Å². The van der Waals surface area contributed by atoms with Crippen LogP contribution in [0.25, 0.3) is 11.0 Å². The highest BCUT2D eigenvalue weighted by molar-refractivity contribution is 6.38. The van der Waals surface area contributed by atoms with Gasteiger partial charge in [0.25, 0.3) is 5.91 Å². The Morgan fingerprint density at radius 3 is 2.68 bits per heavy atom. The summed E-state index contributed by atoms with van der Waals surface area (Å²) in [4.78, 5) is 20.1. The fourth-order valence-electron chi connectivity index (χ4n) is 5.21. The van der Waals surface area contributed by atoms with E-state index in [9.17, 15) is 10.1 Å². The van der Waals surface area contributed by atoms with Crippen molar-refractivity contribution in [3.63, 3.8) is 0 Å². The summed E-state index contributed by atoms with van der Waals surface area (Å²) in [6, 6.07) is 9.33. The van der Waals surface area contributed by atoms with Crippen LogP contribution in [0.4, 0.5) is 0 Å². The predicted octanol–water partition coefficient (Wildman–Crippen LogP) is 5.29. The number of hydrogen-bond acceptors (Lipinski definition) is 4. The summed E-state index contributed by atoms with van der Waals surface area (Å²) in [5.74, 6) is 0.707. The molecule has 1 amide bonds. The monoisotopic (exact) mass is 496 g/mol. The number of rotatable bonds is 3. The van der Waals surface area contributed by atoms with E-state index in [2.05, 4.69) is 6.07 Å². The highest BCUT2D eigenvalue weighted by Crippen LogP contribution is 2.40. The van der Waals surface area contributed by atoms with E-state index in [0.717, 1.165) is 54.9 Å². The number of piperidine rings is 1. The van der Waals surface area contributed by atoms with E-state index in [-0.39, 0.29) is 11.3 Å². The minimum absolute atomic E-state index is 0.0591. The van der Waals surface area contributed by atoms with E-state index in [1.54, 1.807) is 12.1 Å². The molecule has 2 fully saturated rings. The summed E-state index contributed by atoms with van der Waals surface area (Å²) < 4.78 is 7.57. The molecule has 6 nitrogen and oxygen atoms in total. The molecule has 8 heteroatoms. The minimum Gasteiger partial charge on any atom is -0.381 e. The number of amides is 1. The molecule has 1 aromatic heterocycles. The fourth-order valence-corrected chi connectivity index (χ4v) is 5.79.